The highest BCUT2D eigenvalue weighted by molar-refractivity contribution is 5.77. The Morgan fingerprint density at radius 2 is 2.00 bits per heavy atom. The minimum Gasteiger partial charge on any atom is -0.371 e. The SMILES string of the molecule is CC(CN(CCCN)c1ccc(F)cc1)C(N)=O. The van der Waals surface area contributed by atoms with Crippen LogP contribution in [0.1, 0.15) is 13.3 Å². The molecular weight excluding hydrogens is 233 g/mol. The maximum atomic E-state index is 12.9. The average molecular weight is 253 g/mol. The van der Waals surface area contributed by atoms with Gasteiger partial charge in [-0.15, -0.1) is 0 Å². The third-order valence-electron chi connectivity index (χ3n) is 2.80. The lowest BCUT2D eigenvalue weighted by Crippen LogP contribution is -2.36. The maximum absolute atomic E-state index is 12.9. The third-order valence-corrected chi connectivity index (χ3v) is 2.80. The third kappa shape index (κ3) is 4.33. The molecule has 1 aromatic rings. The van der Waals surface area contributed by atoms with Crippen molar-refractivity contribution in [3.8, 4) is 0 Å². The van der Waals surface area contributed by atoms with E-state index in [4.69, 9.17) is 11.5 Å². The molecule has 0 saturated carbocycles. The fourth-order valence-corrected chi connectivity index (χ4v) is 1.68. The molecule has 1 rings (SSSR count). The molecule has 0 spiro atoms. The number of benzene rings is 1. The molecule has 0 aliphatic rings. The smallest absolute Gasteiger partial charge is 0.222 e. The number of primary amides is 1. The molecule has 0 aromatic heterocycles. The Hall–Kier alpha value is -1.62. The van der Waals surface area contributed by atoms with Crippen LogP contribution in [0.2, 0.25) is 0 Å². The number of anilines is 1. The minimum absolute atomic E-state index is 0.257. The summed E-state index contributed by atoms with van der Waals surface area (Å²) in [5, 5.41) is 0. The Bertz CT molecular complexity index is 380. The number of hydrogen-bond donors (Lipinski definition) is 2. The predicted molar refractivity (Wildman–Crippen MR) is 70.6 cm³/mol. The lowest BCUT2D eigenvalue weighted by atomic mass is 10.1. The van der Waals surface area contributed by atoms with Crippen molar-refractivity contribution in [1.82, 2.24) is 0 Å². The van der Waals surface area contributed by atoms with Gasteiger partial charge in [0.15, 0.2) is 0 Å². The van der Waals surface area contributed by atoms with Gasteiger partial charge >= 0.3 is 0 Å². The van der Waals surface area contributed by atoms with Crippen molar-refractivity contribution in [3.05, 3.63) is 30.1 Å². The van der Waals surface area contributed by atoms with Crippen molar-refractivity contribution in [2.24, 2.45) is 17.4 Å². The Kier molecular flexibility index (Phi) is 5.58. The maximum Gasteiger partial charge on any atom is 0.222 e. The molecule has 4 N–H and O–H groups in total. The molecule has 0 fully saturated rings. The van der Waals surface area contributed by atoms with E-state index in [1.807, 2.05) is 4.90 Å². The van der Waals surface area contributed by atoms with Gasteiger partial charge in [-0.3, -0.25) is 4.79 Å². The summed E-state index contributed by atoms with van der Waals surface area (Å²) in [6.07, 6.45) is 0.808. The number of hydrogen-bond acceptors (Lipinski definition) is 3. The molecular formula is C13H20FN3O. The van der Waals surface area contributed by atoms with Gasteiger partial charge in [-0.1, -0.05) is 6.92 Å². The number of nitrogens with two attached hydrogens (primary N) is 2. The predicted octanol–water partition coefficient (Wildman–Crippen LogP) is 1.10. The average Bonchev–Trinajstić information content (AvgIpc) is 2.35. The summed E-state index contributed by atoms with van der Waals surface area (Å²) >= 11 is 0. The molecule has 0 saturated heterocycles. The van der Waals surface area contributed by atoms with Crippen LogP contribution < -0.4 is 16.4 Å². The van der Waals surface area contributed by atoms with Crippen LogP contribution in [0.5, 0.6) is 0 Å². The summed E-state index contributed by atoms with van der Waals surface area (Å²) in [6.45, 7) is 3.59. The minimum atomic E-state index is -0.338. The molecule has 4 nitrogen and oxygen atoms in total. The quantitative estimate of drug-likeness (QED) is 0.764. The number of rotatable bonds is 7. The first-order valence-corrected chi connectivity index (χ1v) is 6.04. The molecule has 0 radical (unpaired) electrons. The van der Waals surface area contributed by atoms with Crippen molar-refractivity contribution in [2.75, 3.05) is 24.5 Å². The van der Waals surface area contributed by atoms with E-state index in [0.717, 1.165) is 18.7 Å². The van der Waals surface area contributed by atoms with Gasteiger partial charge in [0, 0.05) is 18.8 Å². The highest BCUT2D eigenvalue weighted by Gasteiger charge is 2.14. The molecule has 1 unspecified atom stereocenters. The van der Waals surface area contributed by atoms with Crippen LogP contribution >= 0.6 is 0 Å². The van der Waals surface area contributed by atoms with Crippen LogP contribution in [-0.4, -0.2) is 25.5 Å². The van der Waals surface area contributed by atoms with E-state index in [-0.39, 0.29) is 17.6 Å². The molecule has 0 aliphatic heterocycles. The zero-order valence-electron chi connectivity index (χ0n) is 10.6. The van der Waals surface area contributed by atoms with Gasteiger partial charge in [-0.2, -0.15) is 0 Å². The second-order valence-electron chi connectivity index (χ2n) is 4.37. The number of carbonyl (C=O) groups is 1. The molecule has 1 amide bonds. The molecule has 1 atom stereocenters. The van der Waals surface area contributed by atoms with Gasteiger partial charge in [0.25, 0.3) is 0 Å². The molecule has 0 aliphatic carbocycles. The molecule has 18 heavy (non-hydrogen) atoms. The first kappa shape index (κ1) is 14.4. The second-order valence-corrected chi connectivity index (χ2v) is 4.37. The number of amides is 1. The Balaban J connectivity index is 2.76. The number of halogens is 1. The Morgan fingerprint density at radius 1 is 1.39 bits per heavy atom. The van der Waals surface area contributed by atoms with E-state index in [1.165, 1.54) is 12.1 Å². The first-order chi connectivity index (χ1) is 8.54. The second kappa shape index (κ2) is 6.96. The molecule has 0 bridgehead atoms. The topological polar surface area (TPSA) is 72.3 Å². The normalized spacial score (nSPS) is 12.2. The lowest BCUT2D eigenvalue weighted by Gasteiger charge is -2.26. The fraction of sp³-hybridized carbons (Fsp3) is 0.462. The number of nitrogens with zero attached hydrogens (tertiary/aromatic N) is 1. The summed E-state index contributed by atoms with van der Waals surface area (Å²) in [5.41, 5.74) is 11.6. The Labute approximate surface area is 107 Å². The van der Waals surface area contributed by atoms with Crippen LogP contribution in [0.4, 0.5) is 10.1 Å². The zero-order chi connectivity index (χ0) is 13.5. The van der Waals surface area contributed by atoms with Gasteiger partial charge in [0.05, 0.1) is 5.92 Å². The van der Waals surface area contributed by atoms with E-state index in [9.17, 15) is 9.18 Å². The van der Waals surface area contributed by atoms with Crippen molar-refractivity contribution in [1.29, 1.82) is 0 Å². The van der Waals surface area contributed by atoms with Gasteiger partial charge in [0.1, 0.15) is 5.82 Å². The lowest BCUT2D eigenvalue weighted by molar-refractivity contribution is -0.121. The van der Waals surface area contributed by atoms with Gasteiger partial charge in [-0.05, 0) is 37.2 Å². The van der Waals surface area contributed by atoms with Crippen molar-refractivity contribution < 1.29 is 9.18 Å². The summed E-state index contributed by atoms with van der Waals surface area (Å²) in [7, 11) is 0. The molecule has 100 valence electrons. The van der Waals surface area contributed by atoms with E-state index < -0.39 is 0 Å². The van der Waals surface area contributed by atoms with Crippen LogP contribution in [-0.2, 0) is 4.79 Å². The van der Waals surface area contributed by atoms with Crippen LogP contribution in [0.3, 0.4) is 0 Å². The standard InChI is InChI=1S/C13H20FN3O/c1-10(13(16)18)9-17(8-2-7-15)12-5-3-11(14)4-6-12/h3-6,10H,2,7-9,15H2,1H3,(H2,16,18). The van der Waals surface area contributed by atoms with Gasteiger partial charge in [-0.25, -0.2) is 4.39 Å². The summed E-state index contributed by atoms with van der Waals surface area (Å²) < 4.78 is 12.9. The first-order valence-electron chi connectivity index (χ1n) is 6.04. The van der Waals surface area contributed by atoms with Crippen LogP contribution in [0, 0.1) is 11.7 Å². The van der Waals surface area contributed by atoms with Crippen LogP contribution in [0.15, 0.2) is 24.3 Å². The van der Waals surface area contributed by atoms with E-state index in [0.29, 0.717) is 13.1 Å². The van der Waals surface area contributed by atoms with E-state index in [1.54, 1.807) is 19.1 Å². The fourth-order valence-electron chi connectivity index (χ4n) is 1.68. The van der Waals surface area contributed by atoms with Gasteiger partial charge in [0.2, 0.25) is 5.91 Å². The molecule has 1 aromatic carbocycles. The molecule has 5 heteroatoms. The Morgan fingerprint density at radius 3 is 2.50 bits per heavy atom. The highest BCUT2D eigenvalue weighted by Crippen LogP contribution is 2.16. The summed E-state index contributed by atoms with van der Waals surface area (Å²) in [5.74, 6) is -0.872. The highest BCUT2D eigenvalue weighted by atomic mass is 19.1. The summed E-state index contributed by atoms with van der Waals surface area (Å²) in [4.78, 5) is 13.1. The monoisotopic (exact) mass is 253 g/mol. The van der Waals surface area contributed by atoms with E-state index >= 15 is 0 Å². The molecule has 0 heterocycles. The van der Waals surface area contributed by atoms with Crippen molar-refractivity contribution >= 4 is 11.6 Å². The number of carbonyl (C=O) groups excluding carboxylic acids is 1. The summed E-state index contributed by atoms with van der Waals surface area (Å²) in [6, 6.07) is 6.19. The van der Waals surface area contributed by atoms with E-state index in [2.05, 4.69) is 0 Å². The van der Waals surface area contributed by atoms with Crippen LogP contribution in [0.25, 0.3) is 0 Å². The van der Waals surface area contributed by atoms with Gasteiger partial charge < -0.3 is 16.4 Å². The largest absolute Gasteiger partial charge is 0.371 e. The van der Waals surface area contributed by atoms with Crippen molar-refractivity contribution in [2.45, 2.75) is 13.3 Å². The van der Waals surface area contributed by atoms with Crippen molar-refractivity contribution in [3.63, 3.8) is 0 Å². The zero-order valence-corrected chi connectivity index (χ0v) is 10.6.